The van der Waals surface area contributed by atoms with Gasteiger partial charge in [-0.25, -0.2) is 4.39 Å². The third kappa shape index (κ3) is 3.91. The Labute approximate surface area is 119 Å². The summed E-state index contributed by atoms with van der Waals surface area (Å²) in [6.45, 7) is 4.87. The molecule has 3 nitrogen and oxygen atoms in total. The number of aryl methyl sites for hydroxylation is 1. The summed E-state index contributed by atoms with van der Waals surface area (Å²) in [5.74, 6) is -0.562. The Hall–Kier alpha value is -1.13. The van der Waals surface area contributed by atoms with Crippen LogP contribution in [0.25, 0.3) is 0 Å². The van der Waals surface area contributed by atoms with E-state index in [9.17, 15) is 9.18 Å². The van der Waals surface area contributed by atoms with Crippen molar-refractivity contribution in [2.24, 2.45) is 0 Å². The first-order valence-corrected chi connectivity index (χ1v) is 6.38. The fraction of sp³-hybridized carbons (Fsp3) is 0.500. The molecule has 2 N–H and O–H groups in total. The van der Waals surface area contributed by atoms with E-state index in [-0.39, 0.29) is 36.2 Å². The van der Waals surface area contributed by atoms with E-state index in [0.717, 1.165) is 24.9 Å². The number of hydrogen-bond acceptors (Lipinski definition) is 2. The van der Waals surface area contributed by atoms with E-state index in [1.165, 1.54) is 12.1 Å². The van der Waals surface area contributed by atoms with Crippen LogP contribution in [0.3, 0.4) is 0 Å². The monoisotopic (exact) mass is 286 g/mol. The molecule has 1 aromatic rings. The summed E-state index contributed by atoms with van der Waals surface area (Å²) in [7, 11) is 0. The summed E-state index contributed by atoms with van der Waals surface area (Å²) in [6.07, 6.45) is 2.02. The van der Waals surface area contributed by atoms with E-state index in [4.69, 9.17) is 0 Å². The molecule has 1 fully saturated rings. The third-order valence-corrected chi connectivity index (χ3v) is 3.52. The first-order valence-electron chi connectivity index (χ1n) is 6.38. The van der Waals surface area contributed by atoms with Gasteiger partial charge in [-0.3, -0.25) is 4.79 Å². The van der Waals surface area contributed by atoms with Crippen molar-refractivity contribution in [3.8, 4) is 0 Å². The Kier molecular flexibility index (Phi) is 5.76. The minimum Gasteiger partial charge on any atom is -0.348 e. The molecule has 0 aromatic heterocycles. The lowest BCUT2D eigenvalue weighted by Crippen LogP contribution is -2.52. The van der Waals surface area contributed by atoms with Gasteiger partial charge >= 0.3 is 0 Å². The van der Waals surface area contributed by atoms with Crippen LogP contribution in [0.1, 0.15) is 35.7 Å². The molecular formula is C14H20ClFN2O. The van der Waals surface area contributed by atoms with Gasteiger partial charge in [-0.15, -0.1) is 12.4 Å². The lowest BCUT2D eigenvalue weighted by atomic mass is 9.99. The van der Waals surface area contributed by atoms with Crippen molar-refractivity contribution in [1.29, 1.82) is 0 Å². The average molecular weight is 287 g/mol. The van der Waals surface area contributed by atoms with E-state index in [2.05, 4.69) is 17.6 Å². The van der Waals surface area contributed by atoms with Gasteiger partial charge in [-0.05, 0) is 50.9 Å². The molecule has 0 bridgehead atoms. The van der Waals surface area contributed by atoms with Crippen LogP contribution in [0.2, 0.25) is 0 Å². The van der Waals surface area contributed by atoms with Crippen molar-refractivity contribution in [2.75, 3.05) is 6.54 Å². The molecule has 2 rings (SSSR count). The van der Waals surface area contributed by atoms with Gasteiger partial charge in [-0.2, -0.15) is 0 Å². The summed E-state index contributed by atoms with van der Waals surface area (Å²) in [5, 5.41) is 6.31. The standard InChI is InChI=1S/C14H19FN2O.ClH/c1-9-5-6-11(15)8-12(9)14(18)17-13-4-3-7-16-10(13)2;/h5-6,8,10,13,16H,3-4,7H2,1-2H3,(H,17,18);1H. The van der Waals surface area contributed by atoms with Crippen LogP contribution in [-0.4, -0.2) is 24.5 Å². The highest BCUT2D eigenvalue weighted by atomic mass is 35.5. The maximum atomic E-state index is 13.2. The number of benzene rings is 1. The van der Waals surface area contributed by atoms with Crippen molar-refractivity contribution in [3.63, 3.8) is 0 Å². The molecule has 19 heavy (non-hydrogen) atoms. The van der Waals surface area contributed by atoms with E-state index in [1.807, 2.05) is 6.92 Å². The van der Waals surface area contributed by atoms with Crippen LogP contribution in [0.15, 0.2) is 18.2 Å². The van der Waals surface area contributed by atoms with Gasteiger partial charge in [-0.1, -0.05) is 6.07 Å². The predicted octanol–water partition coefficient (Wildman–Crippen LogP) is 2.43. The quantitative estimate of drug-likeness (QED) is 0.877. The molecule has 1 aliphatic rings. The van der Waals surface area contributed by atoms with Crippen molar-refractivity contribution in [2.45, 2.75) is 38.8 Å². The Morgan fingerprint density at radius 2 is 2.21 bits per heavy atom. The number of halogens is 2. The summed E-state index contributed by atoms with van der Waals surface area (Å²) in [4.78, 5) is 12.1. The minimum atomic E-state index is -0.374. The highest BCUT2D eigenvalue weighted by Gasteiger charge is 2.23. The summed E-state index contributed by atoms with van der Waals surface area (Å²) < 4.78 is 13.2. The zero-order valence-electron chi connectivity index (χ0n) is 11.2. The lowest BCUT2D eigenvalue weighted by Gasteiger charge is -2.30. The molecule has 1 amide bonds. The second-order valence-electron chi connectivity index (χ2n) is 4.92. The van der Waals surface area contributed by atoms with E-state index < -0.39 is 0 Å². The molecule has 5 heteroatoms. The van der Waals surface area contributed by atoms with Crippen LogP contribution in [-0.2, 0) is 0 Å². The first kappa shape index (κ1) is 15.9. The minimum absolute atomic E-state index is 0. The van der Waals surface area contributed by atoms with E-state index in [0.29, 0.717) is 5.56 Å². The molecular weight excluding hydrogens is 267 g/mol. The van der Waals surface area contributed by atoms with Crippen LogP contribution in [0.5, 0.6) is 0 Å². The summed E-state index contributed by atoms with van der Waals surface area (Å²) >= 11 is 0. The number of carbonyl (C=O) groups excluding carboxylic acids is 1. The number of carbonyl (C=O) groups is 1. The molecule has 0 radical (unpaired) electrons. The molecule has 106 valence electrons. The van der Waals surface area contributed by atoms with Gasteiger partial charge in [0.2, 0.25) is 0 Å². The van der Waals surface area contributed by atoms with Crippen LogP contribution < -0.4 is 10.6 Å². The zero-order chi connectivity index (χ0) is 13.1. The molecule has 1 saturated heterocycles. The van der Waals surface area contributed by atoms with Gasteiger partial charge in [0.05, 0.1) is 0 Å². The predicted molar refractivity (Wildman–Crippen MR) is 76.3 cm³/mol. The maximum absolute atomic E-state index is 13.2. The normalized spacial score (nSPS) is 22.5. The largest absolute Gasteiger partial charge is 0.348 e. The molecule has 1 aliphatic heterocycles. The van der Waals surface area contributed by atoms with Gasteiger partial charge in [0.1, 0.15) is 5.82 Å². The molecule has 0 aliphatic carbocycles. The van der Waals surface area contributed by atoms with Gasteiger partial charge < -0.3 is 10.6 Å². The maximum Gasteiger partial charge on any atom is 0.251 e. The molecule has 1 aromatic carbocycles. The average Bonchev–Trinajstić information content (AvgIpc) is 2.35. The van der Waals surface area contributed by atoms with Crippen molar-refractivity contribution in [3.05, 3.63) is 35.1 Å². The number of amides is 1. The second-order valence-corrected chi connectivity index (χ2v) is 4.92. The smallest absolute Gasteiger partial charge is 0.251 e. The summed E-state index contributed by atoms with van der Waals surface area (Å²) in [5.41, 5.74) is 1.22. The van der Waals surface area contributed by atoms with Gasteiger partial charge in [0.25, 0.3) is 5.91 Å². The Balaban J connectivity index is 0.00000180. The van der Waals surface area contributed by atoms with E-state index in [1.54, 1.807) is 6.07 Å². The Morgan fingerprint density at radius 3 is 2.89 bits per heavy atom. The number of nitrogens with one attached hydrogen (secondary N) is 2. The highest BCUT2D eigenvalue weighted by molar-refractivity contribution is 5.95. The first-order chi connectivity index (χ1) is 8.58. The van der Waals surface area contributed by atoms with Crippen molar-refractivity contribution in [1.82, 2.24) is 10.6 Å². The van der Waals surface area contributed by atoms with Crippen LogP contribution in [0, 0.1) is 12.7 Å². The van der Waals surface area contributed by atoms with Gasteiger partial charge in [0.15, 0.2) is 0 Å². The SMILES string of the molecule is Cc1ccc(F)cc1C(=O)NC1CCCNC1C.Cl. The third-order valence-electron chi connectivity index (χ3n) is 3.52. The zero-order valence-corrected chi connectivity index (χ0v) is 12.0. The van der Waals surface area contributed by atoms with Crippen molar-refractivity contribution < 1.29 is 9.18 Å². The van der Waals surface area contributed by atoms with Gasteiger partial charge in [0, 0.05) is 17.6 Å². The number of hydrogen-bond donors (Lipinski definition) is 2. The Bertz CT molecular complexity index is 453. The summed E-state index contributed by atoms with van der Waals surface area (Å²) in [6, 6.07) is 4.68. The highest BCUT2D eigenvalue weighted by Crippen LogP contribution is 2.13. The molecule has 2 unspecified atom stereocenters. The topological polar surface area (TPSA) is 41.1 Å². The van der Waals surface area contributed by atoms with Crippen molar-refractivity contribution >= 4 is 18.3 Å². The fourth-order valence-electron chi connectivity index (χ4n) is 2.33. The Morgan fingerprint density at radius 1 is 1.47 bits per heavy atom. The number of rotatable bonds is 2. The molecule has 0 spiro atoms. The van der Waals surface area contributed by atoms with E-state index >= 15 is 0 Å². The number of piperidine rings is 1. The lowest BCUT2D eigenvalue weighted by molar-refractivity contribution is 0.0919. The molecule has 2 atom stereocenters. The molecule has 1 heterocycles. The van der Waals surface area contributed by atoms with Crippen LogP contribution >= 0.6 is 12.4 Å². The second kappa shape index (κ2) is 6.87. The fourth-order valence-corrected chi connectivity index (χ4v) is 2.33. The molecule has 0 saturated carbocycles. The van der Waals surface area contributed by atoms with Crippen LogP contribution in [0.4, 0.5) is 4.39 Å².